The molecule has 2 atom stereocenters. The minimum absolute atomic E-state index is 0.195. The maximum absolute atomic E-state index is 13.7. The zero-order valence-corrected chi connectivity index (χ0v) is 20.0. The second-order valence-electron chi connectivity index (χ2n) is 8.16. The molecule has 34 heavy (non-hydrogen) atoms. The highest BCUT2D eigenvalue weighted by Gasteiger charge is 2.33. The summed E-state index contributed by atoms with van der Waals surface area (Å²) in [6, 6.07) is 16.7. The number of thiazole rings is 1. The van der Waals surface area contributed by atoms with E-state index in [0.29, 0.717) is 20.6 Å². The number of hydrogen-bond donors (Lipinski definition) is 0. The van der Waals surface area contributed by atoms with E-state index in [9.17, 15) is 9.59 Å². The van der Waals surface area contributed by atoms with Crippen molar-refractivity contribution in [3.8, 4) is 5.75 Å². The molecule has 1 aromatic heterocycles. The van der Waals surface area contributed by atoms with Crippen molar-refractivity contribution in [2.45, 2.75) is 32.9 Å². The quantitative estimate of drug-likeness (QED) is 0.544. The average molecular weight is 473 g/mol. The number of allylic oxidation sites excluding steroid dienone is 1. The number of ether oxygens (including phenoxy) is 2. The van der Waals surface area contributed by atoms with Crippen LogP contribution in [-0.4, -0.2) is 23.2 Å². The zero-order chi connectivity index (χ0) is 23.8. The molecule has 7 heteroatoms. The molecule has 0 unspecified atom stereocenters. The molecule has 172 valence electrons. The van der Waals surface area contributed by atoms with Crippen LogP contribution in [0.5, 0.6) is 5.75 Å². The maximum Gasteiger partial charge on any atom is 0.338 e. The van der Waals surface area contributed by atoms with E-state index < -0.39 is 12.0 Å². The van der Waals surface area contributed by atoms with Gasteiger partial charge in [0.25, 0.3) is 5.56 Å². The molecule has 0 spiro atoms. The van der Waals surface area contributed by atoms with E-state index in [2.05, 4.69) is 4.99 Å². The standard InChI is InChI=1S/C27H24N2O4S/c1-4-32-26(31)23-16(2)28-27-29(24(23)18-10-6-5-7-11-18)25(30)22(34-27)15-20-14-19-12-8-9-13-21(19)33-17(20)3/h5-15,17,24H,4H2,1-3H3/b22-15+/t17-,24-/m0/s1. The number of benzene rings is 2. The van der Waals surface area contributed by atoms with E-state index in [4.69, 9.17) is 9.47 Å². The summed E-state index contributed by atoms with van der Waals surface area (Å²) < 4.78 is 13.5. The lowest BCUT2D eigenvalue weighted by atomic mass is 9.96. The van der Waals surface area contributed by atoms with E-state index in [1.54, 1.807) is 18.4 Å². The number of esters is 1. The fraction of sp³-hybridized carbons (Fsp3) is 0.222. The van der Waals surface area contributed by atoms with Gasteiger partial charge in [0.05, 0.1) is 28.5 Å². The lowest BCUT2D eigenvalue weighted by molar-refractivity contribution is -0.139. The Balaban J connectivity index is 1.69. The Hall–Kier alpha value is -3.71. The summed E-state index contributed by atoms with van der Waals surface area (Å²) in [5.41, 5.74) is 3.45. The monoisotopic (exact) mass is 472 g/mol. The molecule has 0 saturated carbocycles. The van der Waals surface area contributed by atoms with Gasteiger partial charge in [0.1, 0.15) is 11.9 Å². The number of carbonyl (C=O) groups is 1. The van der Waals surface area contributed by atoms with Crippen LogP contribution < -0.4 is 19.6 Å². The van der Waals surface area contributed by atoms with Crippen LogP contribution in [0.1, 0.15) is 37.9 Å². The Bertz CT molecular complexity index is 1510. The van der Waals surface area contributed by atoms with Crippen LogP contribution >= 0.6 is 11.3 Å². The maximum atomic E-state index is 13.7. The summed E-state index contributed by atoms with van der Waals surface area (Å²) in [5.74, 6) is 0.368. The number of aromatic nitrogens is 1. The minimum Gasteiger partial charge on any atom is -0.485 e. The average Bonchev–Trinajstić information content (AvgIpc) is 3.13. The van der Waals surface area contributed by atoms with Crippen LogP contribution in [0.15, 0.2) is 81.2 Å². The zero-order valence-electron chi connectivity index (χ0n) is 19.1. The van der Waals surface area contributed by atoms with Crippen molar-refractivity contribution in [2.75, 3.05) is 6.61 Å². The van der Waals surface area contributed by atoms with Crippen molar-refractivity contribution in [1.82, 2.24) is 4.57 Å². The summed E-state index contributed by atoms with van der Waals surface area (Å²) in [6.45, 7) is 5.76. The van der Waals surface area contributed by atoms with Gasteiger partial charge < -0.3 is 9.47 Å². The smallest absolute Gasteiger partial charge is 0.338 e. The van der Waals surface area contributed by atoms with Gasteiger partial charge in [-0.3, -0.25) is 9.36 Å². The molecule has 2 aliphatic rings. The molecule has 2 aliphatic heterocycles. The highest BCUT2D eigenvalue weighted by atomic mass is 32.1. The lowest BCUT2D eigenvalue weighted by Gasteiger charge is -2.24. The van der Waals surface area contributed by atoms with Gasteiger partial charge in [-0.2, -0.15) is 0 Å². The number of para-hydroxylation sites is 1. The molecule has 0 fully saturated rings. The first kappa shape index (κ1) is 22.1. The molecule has 2 aromatic carbocycles. The fourth-order valence-corrected chi connectivity index (χ4v) is 5.36. The number of fused-ring (bicyclic) bond motifs is 2. The molecule has 5 rings (SSSR count). The Morgan fingerprint density at radius 3 is 2.68 bits per heavy atom. The first-order valence-electron chi connectivity index (χ1n) is 11.2. The number of hydrogen-bond acceptors (Lipinski definition) is 6. The fourth-order valence-electron chi connectivity index (χ4n) is 4.32. The Labute approximate surface area is 200 Å². The first-order chi connectivity index (χ1) is 16.5. The molecule has 0 aliphatic carbocycles. The van der Waals surface area contributed by atoms with Crippen molar-refractivity contribution in [3.63, 3.8) is 0 Å². The summed E-state index contributed by atoms with van der Waals surface area (Å²) in [4.78, 5) is 31.8. The van der Waals surface area contributed by atoms with Gasteiger partial charge in [-0.05, 0) is 50.1 Å². The first-order valence-corrected chi connectivity index (χ1v) is 12.0. The van der Waals surface area contributed by atoms with Gasteiger partial charge in [-0.1, -0.05) is 59.9 Å². The van der Waals surface area contributed by atoms with Crippen molar-refractivity contribution < 1.29 is 14.3 Å². The Morgan fingerprint density at radius 1 is 1.18 bits per heavy atom. The highest BCUT2D eigenvalue weighted by molar-refractivity contribution is 7.07. The molecule has 0 saturated heterocycles. The summed E-state index contributed by atoms with van der Waals surface area (Å²) >= 11 is 1.31. The predicted octanol–water partition coefficient (Wildman–Crippen LogP) is 3.61. The third-order valence-electron chi connectivity index (χ3n) is 5.94. The van der Waals surface area contributed by atoms with Crippen molar-refractivity contribution >= 4 is 29.5 Å². The number of rotatable bonds is 4. The molecule has 0 radical (unpaired) electrons. The van der Waals surface area contributed by atoms with E-state index in [1.807, 2.05) is 73.7 Å². The van der Waals surface area contributed by atoms with E-state index >= 15 is 0 Å². The van der Waals surface area contributed by atoms with Crippen LogP contribution in [0.2, 0.25) is 0 Å². The molecule has 0 amide bonds. The molecule has 3 aromatic rings. The lowest BCUT2D eigenvalue weighted by Crippen LogP contribution is -2.40. The topological polar surface area (TPSA) is 69.9 Å². The predicted molar refractivity (Wildman–Crippen MR) is 132 cm³/mol. The van der Waals surface area contributed by atoms with Gasteiger partial charge >= 0.3 is 5.97 Å². The largest absolute Gasteiger partial charge is 0.485 e. The third kappa shape index (κ3) is 3.82. The van der Waals surface area contributed by atoms with Gasteiger partial charge in [0.2, 0.25) is 0 Å². The van der Waals surface area contributed by atoms with Gasteiger partial charge in [0, 0.05) is 5.56 Å². The Kier molecular flexibility index (Phi) is 5.79. The van der Waals surface area contributed by atoms with Crippen LogP contribution in [0, 0.1) is 0 Å². The summed E-state index contributed by atoms with van der Waals surface area (Å²) in [5, 5.41) is 0. The highest BCUT2D eigenvalue weighted by Crippen LogP contribution is 2.31. The van der Waals surface area contributed by atoms with E-state index in [1.165, 1.54) is 11.3 Å². The van der Waals surface area contributed by atoms with Crippen molar-refractivity contribution in [1.29, 1.82) is 0 Å². The van der Waals surface area contributed by atoms with Crippen LogP contribution in [-0.2, 0) is 9.53 Å². The second kappa shape index (κ2) is 8.91. The Morgan fingerprint density at radius 2 is 1.91 bits per heavy atom. The van der Waals surface area contributed by atoms with Gasteiger partial charge in [-0.25, -0.2) is 9.79 Å². The van der Waals surface area contributed by atoms with Crippen LogP contribution in [0.25, 0.3) is 12.2 Å². The van der Waals surface area contributed by atoms with Crippen LogP contribution in [0.3, 0.4) is 0 Å². The van der Waals surface area contributed by atoms with Crippen LogP contribution in [0.4, 0.5) is 0 Å². The number of carbonyl (C=O) groups excluding carboxylic acids is 1. The molecular formula is C27H24N2O4S. The SMILES string of the molecule is CCOC(=O)C1=C(C)N=c2s/c(=C/C3=Cc4ccccc4O[C@H]3C)c(=O)n2[C@H]1c1ccccc1. The normalized spacial score (nSPS) is 19.5. The minimum atomic E-state index is -0.603. The van der Waals surface area contributed by atoms with Gasteiger partial charge in [0.15, 0.2) is 4.80 Å². The molecule has 3 heterocycles. The molecule has 6 nitrogen and oxygen atoms in total. The van der Waals surface area contributed by atoms with Gasteiger partial charge in [-0.15, -0.1) is 0 Å². The van der Waals surface area contributed by atoms with E-state index in [-0.39, 0.29) is 18.3 Å². The number of nitrogens with zero attached hydrogens (tertiary/aromatic N) is 2. The molecule has 0 bridgehead atoms. The van der Waals surface area contributed by atoms with Crippen molar-refractivity contribution in [2.24, 2.45) is 4.99 Å². The van der Waals surface area contributed by atoms with Crippen molar-refractivity contribution in [3.05, 3.63) is 102 Å². The second-order valence-corrected chi connectivity index (χ2v) is 9.16. The molecular weight excluding hydrogens is 448 g/mol. The third-order valence-corrected chi connectivity index (χ3v) is 6.93. The molecule has 0 N–H and O–H groups in total. The summed E-state index contributed by atoms with van der Waals surface area (Å²) in [6.07, 6.45) is 3.72. The van der Waals surface area contributed by atoms with E-state index in [0.717, 1.165) is 22.4 Å². The summed E-state index contributed by atoms with van der Waals surface area (Å²) in [7, 11) is 0.